The summed E-state index contributed by atoms with van der Waals surface area (Å²) >= 11 is 0. The molecule has 3 unspecified atom stereocenters. The first kappa shape index (κ1) is 12.7. The Morgan fingerprint density at radius 1 is 1.32 bits per heavy atom. The zero-order valence-corrected chi connectivity index (χ0v) is 11.0. The first-order chi connectivity index (χ1) is 9.04. The number of carbonyl (C=O) groups is 2. The van der Waals surface area contributed by atoms with Crippen molar-refractivity contribution in [1.82, 2.24) is 10.2 Å². The van der Waals surface area contributed by atoms with Crippen LogP contribution in [0, 0.1) is 11.8 Å². The molecule has 0 spiro atoms. The number of carboxylic acid groups (broad SMARTS) is 1. The van der Waals surface area contributed by atoms with Crippen LogP contribution in [0.3, 0.4) is 0 Å². The van der Waals surface area contributed by atoms with Gasteiger partial charge in [0.25, 0.3) is 0 Å². The van der Waals surface area contributed by atoms with E-state index >= 15 is 0 Å². The molecule has 5 atom stereocenters. The smallest absolute Gasteiger partial charge is 0.317 e. The molecule has 0 aromatic carbocycles. The largest absolute Gasteiger partial charge is 0.481 e. The summed E-state index contributed by atoms with van der Waals surface area (Å²) in [5.74, 6) is -1.24. The van der Waals surface area contributed by atoms with E-state index in [-0.39, 0.29) is 24.1 Å². The molecule has 0 aromatic heterocycles. The highest BCUT2D eigenvalue weighted by molar-refractivity contribution is 5.78. The van der Waals surface area contributed by atoms with Crippen molar-refractivity contribution in [2.75, 3.05) is 13.1 Å². The molecule has 2 N–H and O–H groups in total. The van der Waals surface area contributed by atoms with E-state index in [1.54, 1.807) is 4.90 Å². The lowest BCUT2D eigenvalue weighted by Crippen LogP contribution is -2.47. The van der Waals surface area contributed by atoms with Gasteiger partial charge in [0.1, 0.15) is 0 Å². The topological polar surface area (TPSA) is 78.9 Å². The zero-order chi connectivity index (χ0) is 13.6. The third-order valence-electron chi connectivity index (χ3n) is 4.63. The molecule has 0 aromatic rings. The monoisotopic (exact) mass is 268 g/mol. The maximum absolute atomic E-state index is 12.2. The fourth-order valence-corrected chi connectivity index (χ4v) is 3.49. The molecule has 19 heavy (non-hydrogen) atoms. The van der Waals surface area contributed by atoms with Crippen LogP contribution in [0.2, 0.25) is 0 Å². The molecule has 3 fully saturated rings. The zero-order valence-electron chi connectivity index (χ0n) is 11.0. The maximum atomic E-state index is 12.2. The fraction of sp³-hybridized carbons (Fsp3) is 0.846. The summed E-state index contributed by atoms with van der Waals surface area (Å²) in [7, 11) is 0. The standard InChI is InChI=1S/C13H20N2O4/c1-7-5-15(6-9(7)12(16)17)13(18)14-10-4-8-2-3-11(10)19-8/h7-11H,2-6H2,1H3,(H,14,18)(H,16,17)/t7-,8?,9-,10?,11?/m1/s1. The van der Waals surface area contributed by atoms with E-state index in [2.05, 4.69) is 5.32 Å². The number of nitrogens with zero attached hydrogens (tertiary/aromatic N) is 1. The molecule has 3 aliphatic heterocycles. The number of aliphatic carboxylic acids is 1. The van der Waals surface area contributed by atoms with E-state index in [9.17, 15) is 9.59 Å². The second-order valence-electron chi connectivity index (χ2n) is 5.99. The molecule has 2 bridgehead atoms. The van der Waals surface area contributed by atoms with Gasteiger partial charge in [-0.3, -0.25) is 4.79 Å². The lowest BCUT2D eigenvalue weighted by Gasteiger charge is -2.24. The summed E-state index contributed by atoms with van der Waals surface area (Å²) in [6.07, 6.45) is 3.47. The molecule has 3 heterocycles. The molecule has 106 valence electrons. The molecule has 6 nitrogen and oxygen atoms in total. The number of rotatable bonds is 2. The number of hydrogen-bond donors (Lipinski definition) is 2. The number of hydrogen-bond acceptors (Lipinski definition) is 3. The number of fused-ring (bicyclic) bond motifs is 2. The number of carbonyl (C=O) groups excluding carboxylic acids is 1. The van der Waals surface area contributed by atoms with Crippen molar-refractivity contribution in [1.29, 1.82) is 0 Å². The van der Waals surface area contributed by atoms with Gasteiger partial charge < -0.3 is 20.1 Å². The van der Waals surface area contributed by atoms with Crippen molar-refractivity contribution in [3.05, 3.63) is 0 Å². The van der Waals surface area contributed by atoms with Crippen LogP contribution in [-0.2, 0) is 9.53 Å². The van der Waals surface area contributed by atoms with Gasteiger partial charge in [-0.15, -0.1) is 0 Å². The van der Waals surface area contributed by atoms with Gasteiger partial charge in [-0.25, -0.2) is 4.79 Å². The van der Waals surface area contributed by atoms with Crippen molar-refractivity contribution < 1.29 is 19.4 Å². The molecule has 2 amide bonds. The fourth-order valence-electron chi connectivity index (χ4n) is 3.49. The number of ether oxygens (including phenoxy) is 1. The Bertz CT molecular complexity index is 400. The highest BCUT2D eigenvalue weighted by atomic mass is 16.5. The lowest BCUT2D eigenvalue weighted by atomic mass is 9.96. The number of amides is 2. The molecule has 6 heteroatoms. The van der Waals surface area contributed by atoms with E-state index in [0.29, 0.717) is 19.2 Å². The van der Waals surface area contributed by atoms with Crippen LogP contribution in [0.5, 0.6) is 0 Å². The average molecular weight is 268 g/mol. The Labute approximate surface area is 112 Å². The first-order valence-corrected chi connectivity index (χ1v) is 6.98. The quantitative estimate of drug-likeness (QED) is 0.771. The summed E-state index contributed by atoms with van der Waals surface area (Å²) in [4.78, 5) is 24.8. The molecular weight excluding hydrogens is 248 g/mol. The van der Waals surface area contributed by atoms with Gasteiger partial charge in [0, 0.05) is 13.1 Å². The molecule has 3 rings (SSSR count). The predicted octanol–water partition coefficient (Wildman–Crippen LogP) is 0.668. The number of likely N-dealkylation sites (tertiary alicyclic amines) is 1. The van der Waals surface area contributed by atoms with Gasteiger partial charge in [0.15, 0.2) is 0 Å². The third kappa shape index (κ3) is 2.29. The average Bonchev–Trinajstić information content (AvgIpc) is 3.02. The number of urea groups is 1. The summed E-state index contributed by atoms with van der Waals surface area (Å²) in [6.45, 7) is 2.71. The van der Waals surface area contributed by atoms with Crippen molar-refractivity contribution in [2.24, 2.45) is 11.8 Å². The van der Waals surface area contributed by atoms with Gasteiger partial charge in [0.2, 0.25) is 0 Å². The lowest BCUT2D eigenvalue weighted by molar-refractivity contribution is -0.142. The molecule has 0 aliphatic carbocycles. The Morgan fingerprint density at radius 2 is 2.11 bits per heavy atom. The van der Waals surface area contributed by atoms with Crippen molar-refractivity contribution in [3.8, 4) is 0 Å². The highest BCUT2D eigenvalue weighted by Crippen LogP contribution is 2.34. The normalized spacial score (nSPS) is 40.7. The molecular formula is C13H20N2O4. The van der Waals surface area contributed by atoms with Crippen molar-refractivity contribution >= 4 is 12.0 Å². The van der Waals surface area contributed by atoms with Gasteiger partial charge in [0.05, 0.1) is 24.2 Å². The van der Waals surface area contributed by atoms with E-state index < -0.39 is 11.9 Å². The first-order valence-electron chi connectivity index (χ1n) is 6.98. The summed E-state index contributed by atoms with van der Waals surface area (Å²) < 4.78 is 5.70. The van der Waals surface area contributed by atoms with Crippen LogP contribution in [0.1, 0.15) is 26.2 Å². The highest BCUT2D eigenvalue weighted by Gasteiger charge is 2.43. The predicted molar refractivity (Wildman–Crippen MR) is 66.7 cm³/mol. The Morgan fingerprint density at radius 3 is 2.63 bits per heavy atom. The van der Waals surface area contributed by atoms with Crippen LogP contribution >= 0.6 is 0 Å². The number of nitrogens with one attached hydrogen (secondary N) is 1. The minimum Gasteiger partial charge on any atom is -0.481 e. The van der Waals surface area contributed by atoms with Crippen LogP contribution in [0.4, 0.5) is 4.79 Å². The van der Waals surface area contributed by atoms with Crippen LogP contribution in [0.25, 0.3) is 0 Å². The van der Waals surface area contributed by atoms with Crippen LogP contribution in [-0.4, -0.2) is 53.3 Å². The van der Waals surface area contributed by atoms with Crippen LogP contribution < -0.4 is 5.32 Å². The van der Waals surface area contributed by atoms with Gasteiger partial charge in [-0.2, -0.15) is 0 Å². The van der Waals surface area contributed by atoms with E-state index in [4.69, 9.17) is 9.84 Å². The Balaban J connectivity index is 1.55. The second kappa shape index (κ2) is 4.67. The van der Waals surface area contributed by atoms with E-state index in [1.807, 2.05) is 6.92 Å². The SMILES string of the molecule is C[C@@H]1CN(C(=O)NC2CC3CCC2O3)C[C@H]1C(=O)O. The van der Waals surface area contributed by atoms with Crippen molar-refractivity contribution in [3.63, 3.8) is 0 Å². The minimum absolute atomic E-state index is 0.0135. The maximum Gasteiger partial charge on any atom is 0.317 e. The van der Waals surface area contributed by atoms with E-state index in [0.717, 1.165) is 19.3 Å². The molecule has 0 saturated carbocycles. The Hall–Kier alpha value is -1.30. The van der Waals surface area contributed by atoms with Gasteiger partial charge in [-0.1, -0.05) is 6.92 Å². The van der Waals surface area contributed by atoms with Crippen molar-refractivity contribution in [2.45, 2.75) is 44.4 Å². The van der Waals surface area contributed by atoms with E-state index in [1.165, 1.54) is 0 Å². The summed E-state index contributed by atoms with van der Waals surface area (Å²) in [5.41, 5.74) is 0. The van der Waals surface area contributed by atoms with Gasteiger partial charge >= 0.3 is 12.0 Å². The minimum atomic E-state index is -0.814. The Kier molecular flexibility index (Phi) is 3.12. The van der Waals surface area contributed by atoms with Gasteiger partial charge in [-0.05, 0) is 25.2 Å². The molecule has 3 aliphatic rings. The van der Waals surface area contributed by atoms with Crippen LogP contribution in [0.15, 0.2) is 0 Å². The third-order valence-corrected chi connectivity index (χ3v) is 4.63. The molecule has 3 saturated heterocycles. The second-order valence-corrected chi connectivity index (χ2v) is 5.99. The molecule has 0 radical (unpaired) electrons. The number of carboxylic acids is 1. The summed E-state index contributed by atoms with van der Waals surface area (Å²) in [6, 6.07) is -0.0396. The summed E-state index contributed by atoms with van der Waals surface area (Å²) in [5, 5.41) is 12.1.